The maximum atomic E-state index is 5.72. The molecule has 0 spiro atoms. The molecule has 2 aromatic rings. The SMILES string of the molecule is COc1nc(Cl)nc(-n2ccnc2C)n1. The van der Waals surface area contributed by atoms with Gasteiger partial charge in [-0.3, -0.25) is 4.57 Å². The summed E-state index contributed by atoms with van der Waals surface area (Å²) in [5.41, 5.74) is 0. The van der Waals surface area contributed by atoms with Gasteiger partial charge in [-0.2, -0.15) is 15.0 Å². The molecule has 15 heavy (non-hydrogen) atoms. The molecule has 0 aromatic carbocycles. The smallest absolute Gasteiger partial charge is 0.322 e. The van der Waals surface area contributed by atoms with Crippen LogP contribution in [0.1, 0.15) is 5.82 Å². The summed E-state index contributed by atoms with van der Waals surface area (Å²) in [6.45, 7) is 1.84. The van der Waals surface area contributed by atoms with Crippen LogP contribution in [0.4, 0.5) is 0 Å². The van der Waals surface area contributed by atoms with Gasteiger partial charge in [0.05, 0.1) is 7.11 Å². The van der Waals surface area contributed by atoms with Gasteiger partial charge in [0.25, 0.3) is 0 Å². The van der Waals surface area contributed by atoms with Crippen molar-refractivity contribution in [3.05, 3.63) is 23.5 Å². The summed E-state index contributed by atoms with van der Waals surface area (Å²) in [6, 6.07) is 0.179. The number of rotatable bonds is 2. The van der Waals surface area contributed by atoms with Gasteiger partial charge in [-0.15, -0.1) is 0 Å². The van der Waals surface area contributed by atoms with Gasteiger partial charge in [-0.05, 0) is 18.5 Å². The fourth-order valence-electron chi connectivity index (χ4n) is 1.11. The summed E-state index contributed by atoms with van der Waals surface area (Å²) < 4.78 is 6.58. The normalized spacial score (nSPS) is 10.3. The maximum Gasteiger partial charge on any atom is 0.322 e. The largest absolute Gasteiger partial charge is 0.467 e. The second kappa shape index (κ2) is 3.82. The molecule has 0 saturated heterocycles. The third kappa shape index (κ3) is 1.89. The zero-order valence-electron chi connectivity index (χ0n) is 8.18. The van der Waals surface area contributed by atoms with Gasteiger partial charge >= 0.3 is 6.01 Å². The minimum Gasteiger partial charge on any atom is -0.467 e. The fourth-order valence-corrected chi connectivity index (χ4v) is 1.26. The summed E-state index contributed by atoms with van der Waals surface area (Å²) in [5, 5.41) is 0.0879. The first-order valence-electron chi connectivity index (χ1n) is 4.16. The second-order valence-corrected chi connectivity index (χ2v) is 3.07. The molecule has 0 saturated carbocycles. The number of ether oxygens (including phenoxy) is 1. The summed E-state index contributed by atoms with van der Waals surface area (Å²) in [6.07, 6.45) is 3.39. The summed E-state index contributed by atoms with van der Waals surface area (Å²) in [4.78, 5) is 15.9. The standard InChI is InChI=1S/C8H8ClN5O/c1-5-10-3-4-14(5)7-11-6(9)12-8(13-7)15-2/h3-4H,1-2H3. The molecule has 0 bridgehead atoms. The Morgan fingerprint density at radius 1 is 1.33 bits per heavy atom. The van der Waals surface area contributed by atoms with Crippen LogP contribution in [-0.2, 0) is 0 Å². The molecule has 0 amide bonds. The molecule has 0 aliphatic rings. The van der Waals surface area contributed by atoms with E-state index in [1.54, 1.807) is 17.0 Å². The van der Waals surface area contributed by atoms with Crippen LogP contribution >= 0.6 is 11.6 Å². The molecule has 7 heteroatoms. The Bertz CT molecular complexity index is 484. The van der Waals surface area contributed by atoms with Crippen molar-refractivity contribution in [2.45, 2.75) is 6.92 Å². The number of nitrogens with zero attached hydrogens (tertiary/aromatic N) is 5. The predicted octanol–water partition coefficient (Wildman–Crippen LogP) is 1.03. The number of methoxy groups -OCH3 is 1. The van der Waals surface area contributed by atoms with Crippen molar-refractivity contribution in [2.24, 2.45) is 0 Å². The molecule has 2 aromatic heterocycles. The van der Waals surface area contributed by atoms with Crippen LogP contribution < -0.4 is 4.74 Å². The molecule has 0 aliphatic carbocycles. The molecular weight excluding hydrogens is 218 g/mol. The fraction of sp³-hybridized carbons (Fsp3) is 0.250. The number of hydrogen-bond donors (Lipinski definition) is 0. The van der Waals surface area contributed by atoms with Crippen molar-refractivity contribution < 1.29 is 4.74 Å². The van der Waals surface area contributed by atoms with Crippen molar-refractivity contribution in [2.75, 3.05) is 7.11 Å². The molecule has 0 unspecified atom stereocenters. The monoisotopic (exact) mass is 225 g/mol. The highest BCUT2D eigenvalue weighted by Gasteiger charge is 2.08. The van der Waals surface area contributed by atoms with E-state index in [-0.39, 0.29) is 11.3 Å². The number of hydrogen-bond acceptors (Lipinski definition) is 5. The van der Waals surface area contributed by atoms with E-state index in [0.717, 1.165) is 5.82 Å². The third-order valence-electron chi connectivity index (χ3n) is 1.80. The quantitative estimate of drug-likeness (QED) is 0.764. The maximum absolute atomic E-state index is 5.72. The lowest BCUT2D eigenvalue weighted by atomic mass is 10.7. The Hall–Kier alpha value is -1.69. The molecule has 2 rings (SSSR count). The number of aromatic nitrogens is 5. The van der Waals surface area contributed by atoms with Crippen LogP contribution in [-0.4, -0.2) is 31.6 Å². The van der Waals surface area contributed by atoms with Gasteiger partial charge in [0.2, 0.25) is 11.2 Å². The summed E-state index contributed by atoms with van der Waals surface area (Å²) in [5.74, 6) is 1.15. The summed E-state index contributed by atoms with van der Waals surface area (Å²) in [7, 11) is 1.47. The first kappa shape index (κ1) is 9.85. The van der Waals surface area contributed by atoms with Gasteiger partial charge < -0.3 is 4.74 Å². The van der Waals surface area contributed by atoms with Crippen LogP contribution in [0.15, 0.2) is 12.4 Å². The first-order chi connectivity index (χ1) is 7.20. The van der Waals surface area contributed by atoms with Crippen molar-refractivity contribution in [1.29, 1.82) is 0 Å². The van der Waals surface area contributed by atoms with Gasteiger partial charge in [-0.1, -0.05) is 0 Å². The Labute approximate surface area is 90.9 Å². The zero-order chi connectivity index (χ0) is 10.8. The molecule has 0 atom stereocenters. The highest BCUT2D eigenvalue weighted by atomic mass is 35.5. The van der Waals surface area contributed by atoms with Crippen molar-refractivity contribution in [1.82, 2.24) is 24.5 Å². The number of halogens is 1. The van der Waals surface area contributed by atoms with Crippen LogP contribution in [0.25, 0.3) is 5.95 Å². The number of imidazole rings is 1. The van der Waals surface area contributed by atoms with E-state index >= 15 is 0 Å². The Kier molecular flexibility index (Phi) is 2.51. The van der Waals surface area contributed by atoms with E-state index in [9.17, 15) is 0 Å². The molecule has 6 nitrogen and oxygen atoms in total. The highest BCUT2D eigenvalue weighted by molar-refractivity contribution is 6.28. The van der Waals surface area contributed by atoms with Crippen molar-refractivity contribution in [3.8, 4) is 12.0 Å². The van der Waals surface area contributed by atoms with Crippen LogP contribution in [0.2, 0.25) is 5.28 Å². The van der Waals surface area contributed by atoms with E-state index < -0.39 is 0 Å². The summed E-state index contributed by atoms with van der Waals surface area (Å²) >= 11 is 5.72. The predicted molar refractivity (Wildman–Crippen MR) is 53.2 cm³/mol. The van der Waals surface area contributed by atoms with E-state index in [2.05, 4.69) is 19.9 Å². The zero-order valence-corrected chi connectivity index (χ0v) is 8.93. The third-order valence-corrected chi connectivity index (χ3v) is 1.97. The molecule has 2 heterocycles. The second-order valence-electron chi connectivity index (χ2n) is 2.74. The molecule has 0 fully saturated rings. The average Bonchev–Trinajstić information content (AvgIpc) is 2.63. The van der Waals surface area contributed by atoms with E-state index in [1.165, 1.54) is 7.11 Å². The van der Waals surface area contributed by atoms with Gasteiger partial charge in [-0.25, -0.2) is 4.98 Å². The minimum atomic E-state index is 0.0879. The average molecular weight is 226 g/mol. The van der Waals surface area contributed by atoms with Crippen LogP contribution in [0.3, 0.4) is 0 Å². The molecule has 0 aliphatic heterocycles. The lowest BCUT2D eigenvalue weighted by Gasteiger charge is -2.04. The molecule has 0 radical (unpaired) electrons. The van der Waals surface area contributed by atoms with Crippen LogP contribution in [0.5, 0.6) is 6.01 Å². The van der Waals surface area contributed by atoms with E-state index in [4.69, 9.17) is 16.3 Å². The lowest BCUT2D eigenvalue weighted by Crippen LogP contribution is -2.05. The van der Waals surface area contributed by atoms with Crippen molar-refractivity contribution in [3.63, 3.8) is 0 Å². The number of aryl methyl sites for hydroxylation is 1. The Balaban J connectivity index is 2.53. The highest BCUT2D eigenvalue weighted by Crippen LogP contribution is 2.11. The topological polar surface area (TPSA) is 65.7 Å². The van der Waals surface area contributed by atoms with E-state index in [1.807, 2.05) is 6.92 Å². The lowest BCUT2D eigenvalue weighted by molar-refractivity contribution is 0.377. The van der Waals surface area contributed by atoms with Gasteiger partial charge in [0.15, 0.2) is 0 Å². The molecule has 0 N–H and O–H groups in total. The Morgan fingerprint density at radius 2 is 2.13 bits per heavy atom. The molecular formula is C8H8ClN5O. The van der Waals surface area contributed by atoms with E-state index in [0.29, 0.717) is 5.95 Å². The van der Waals surface area contributed by atoms with Crippen molar-refractivity contribution >= 4 is 11.6 Å². The Morgan fingerprint density at radius 3 is 2.73 bits per heavy atom. The minimum absolute atomic E-state index is 0.0879. The van der Waals surface area contributed by atoms with Gasteiger partial charge in [0, 0.05) is 12.4 Å². The first-order valence-corrected chi connectivity index (χ1v) is 4.54. The van der Waals surface area contributed by atoms with Gasteiger partial charge in [0.1, 0.15) is 5.82 Å². The molecule has 78 valence electrons. The van der Waals surface area contributed by atoms with Crippen LogP contribution in [0, 0.1) is 6.92 Å².